The lowest BCUT2D eigenvalue weighted by Crippen LogP contribution is -2.57. The Morgan fingerprint density at radius 2 is 2.00 bits per heavy atom. The van der Waals surface area contributed by atoms with Crippen LogP contribution in [-0.2, 0) is 16.1 Å². The summed E-state index contributed by atoms with van der Waals surface area (Å²) in [4.78, 5) is 31.9. The molecule has 1 atom stereocenters. The summed E-state index contributed by atoms with van der Waals surface area (Å²) in [6.45, 7) is 1.38. The molecular weight excluding hydrogens is 331 g/mol. The number of halogens is 1. The van der Waals surface area contributed by atoms with Crippen molar-refractivity contribution in [3.63, 3.8) is 0 Å². The van der Waals surface area contributed by atoms with Crippen LogP contribution >= 0.6 is 12.2 Å². The molecule has 0 saturated carbocycles. The van der Waals surface area contributed by atoms with Crippen LogP contribution in [-0.4, -0.2) is 60.1 Å². The maximum Gasteiger partial charge on any atom is 0.247 e. The maximum atomic E-state index is 13.0. The summed E-state index contributed by atoms with van der Waals surface area (Å²) in [7, 11) is 3.83. The first-order chi connectivity index (χ1) is 11.4. The molecular formula is C16H19FN4O2S. The van der Waals surface area contributed by atoms with Gasteiger partial charge in [0.1, 0.15) is 5.82 Å². The smallest absolute Gasteiger partial charge is 0.247 e. The summed E-state index contributed by atoms with van der Waals surface area (Å²) in [5, 5.41) is 2.56. The van der Waals surface area contributed by atoms with E-state index in [-0.39, 0.29) is 17.5 Å². The predicted molar refractivity (Wildman–Crippen MR) is 93.1 cm³/mol. The Hall–Kier alpha value is -2.19. The molecule has 0 spiro atoms. The topological polar surface area (TPSA) is 65.0 Å². The molecule has 0 radical (unpaired) electrons. The van der Waals surface area contributed by atoms with Crippen molar-refractivity contribution >= 4 is 35.4 Å². The lowest BCUT2D eigenvalue weighted by atomic mass is 10.1. The fourth-order valence-electron chi connectivity index (χ4n) is 2.12. The molecule has 6 nitrogen and oxygen atoms in total. The van der Waals surface area contributed by atoms with Crippen LogP contribution in [0.5, 0.6) is 0 Å². The highest BCUT2D eigenvalue weighted by atomic mass is 32.1. The molecule has 1 heterocycles. The van der Waals surface area contributed by atoms with E-state index in [1.165, 1.54) is 23.2 Å². The first-order valence-electron chi connectivity index (χ1n) is 7.44. The molecule has 2 rings (SSSR count). The molecule has 1 aliphatic heterocycles. The van der Waals surface area contributed by atoms with E-state index in [0.29, 0.717) is 12.1 Å². The van der Waals surface area contributed by atoms with E-state index in [2.05, 4.69) is 10.3 Å². The molecule has 0 aliphatic carbocycles. The van der Waals surface area contributed by atoms with Gasteiger partial charge in [-0.2, -0.15) is 0 Å². The van der Waals surface area contributed by atoms with Crippen LogP contribution in [0.15, 0.2) is 29.3 Å². The number of nitrogens with zero attached hydrogens (tertiary/aromatic N) is 3. The Balaban J connectivity index is 2.08. The quantitative estimate of drug-likeness (QED) is 0.469. The minimum absolute atomic E-state index is 0.0484. The zero-order valence-electron chi connectivity index (χ0n) is 13.5. The zero-order valence-corrected chi connectivity index (χ0v) is 14.3. The molecule has 2 amide bonds. The molecule has 1 unspecified atom stereocenters. The van der Waals surface area contributed by atoms with Gasteiger partial charge in [0.05, 0.1) is 13.1 Å². The summed E-state index contributed by atoms with van der Waals surface area (Å²) in [6.07, 6.45) is 1.36. The Morgan fingerprint density at radius 1 is 1.33 bits per heavy atom. The minimum Gasteiger partial charge on any atom is -0.308 e. The SMILES string of the molecule is CN(C)CCN=CC1C(=O)NC(=S)N(Cc2ccc(F)cc2)C1=O. The first kappa shape index (κ1) is 18.2. The van der Waals surface area contributed by atoms with E-state index in [9.17, 15) is 14.0 Å². The normalized spacial score (nSPS) is 18.6. The van der Waals surface area contributed by atoms with E-state index in [0.717, 1.165) is 6.54 Å². The molecule has 1 aliphatic rings. The number of amides is 2. The average Bonchev–Trinajstić information content (AvgIpc) is 2.52. The van der Waals surface area contributed by atoms with E-state index in [1.54, 1.807) is 12.1 Å². The van der Waals surface area contributed by atoms with Crippen LogP contribution < -0.4 is 5.32 Å². The van der Waals surface area contributed by atoms with Gasteiger partial charge in [0.15, 0.2) is 11.0 Å². The van der Waals surface area contributed by atoms with Crippen LogP contribution in [0.25, 0.3) is 0 Å². The van der Waals surface area contributed by atoms with Crippen molar-refractivity contribution in [1.29, 1.82) is 0 Å². The number of likely N-dealkylation sites (N-methyl/N-ethyl adjacent to an activating group) is 1. The number of carbonyl (C=O) groups is 2. The van der Waals surface area contributed by atoms with Gasteiger partial charge in [-0.15, -0.1) is 0 Å². The fraction of sp³-hybridized carbons (Fsp3) is 0.375. The molecule has 1 aromatic carbocycles. The van der Waals surface area contributed by atoms with Gasteiger partial charge in [-0.3, -0.25) is 19.5 Å². The van der Waals surface area contributed by atoms with Crippen molar-refractivity contribution in [2.75, 3.05) is 27.2 Å². The third-order valence-corrected chi connectivity index (χ3v) is 3.80. The lowest BCUT2D eigenvalue weighted by Gasteiger charge is -2.31. The Kier molecular flexibility index (Phi) is 6.10. The maximum absolute atomic E-state index is 13.0. The van der Waals surface area contributed by atoms with Gasteiger partial charge in [-0.1, -0.05) is 12.1 Å². The van der Waals surface area contributed by atoms with Gasteiger partial charge < -0.3 is 10.2 Å². The molecule has 1 fully saturated rings. The summed E-state index contributed by atoms with van der Waals surface area (Å²) in [6, 6.07) is 5.76. The molecule has 8 heteroatoms. The number of hydrogen-bond donors (Lipinski definition) is 1. The van der Waals surface area contributed by atoms with Crippen LogP contribution in [0.2, 0.25) is 0 Å². The molecule has 1 aromatic rings. The third kappa shape index (κ3) is 4.65. The predicted octanol–water partition coefficient (Wildman–Crippen LogP) is 0.818. The number of nitrogens with one attached hydrogen (secondary N) is 1. The Labute approximate surface area is 145 Å². The molecule has 0 bridgehead atoms. The second-order valence-electron chi connectivity index (χ2n) is 5.68. The van der Waals surface area contributed by atoms with Crippen molar-refractivity contribution in [3.8, 4) is 0 Å². The van der Waals surface area contributed by atoms with E-state index >= 15 is 0 Å². The summed E-state index contributed by atoms with van der Waals surface area (Å²) in [5.41, 5.74) is 0.714. The standard InChI is InChI=1S/C16H19FN4O2S/c1-20(2)8-7-18-9-13-14(22)19-16(24)21(15(13)23)10-11-3-5-12(17)6-4-11/h3-6,9,13H,7-8,10H2,1-2H3,(H,19,22,24). The second-order valence-corrected chi connectivity index (χ2v) is 6.07. The zero-order chi connectivity index (χ0) is 17.7. The van der Waals surface area contributed by atoms with Crippen molar-refractivity contribution in [3.05, 3.63) is 35.6 Å². The van der Waals surface area contributed by atoms with Crippen LogP contribution in [0.3, 0.4) is 0 Å². The Morgan fingerprint density at radius 3 is 2.62 bits per heavy atom. The van der Waals surface area contributed by atoms with E-state index in [4.69, 9.17) is 12.2 Å². The highest BCUT2D eigenvalue weighted by Crippen LogP contribution is 2.14. The van der Waals surface area contributed by atoms with Crippen molar-refractivity contribution in [1.82, 2.24) is 15.1 Å². The molecule has 1 N–H and O–H groups in total. The average molecular weight is 350 g/mol. The number of thiocarbonyl (C=S) groups is 1. The molecule has 128 valence electrons. The number of rotatable bonds is 6. The summed E-state index contributed by atoms with van der Waals surface area (Å²) < 4.78 is 13.0. The van der Waals surface area contributed by atoms with Crippen LogP contribution in [0, 0.1) is 11.7 Å². The van der Waals surface area contributed by atoms with Gasteiger partial charge in [0.2, 0.25) is 11.8 Å². The lowest BCUT2D eigenvalue weighted by molar-refractivity contribution is -0.138. The van der Waals surface area contributed by atoms with Gasteiger partial charge in [0, 0.05) is 12.8 Å². The van der Waals surface area contributed by atoms with Crippen molar-refractivity contribution < 1.29 is 14.0 Å². The molecule has 24 heavy (non-hydrogen) atoms. The van der Waals surface area contributed by atoms with Crippen LogP contribution in [0.4, 0.5) is 4.39 Å². The van der Waals surface area contributed by atoms with Crippen molar-refractivity contribution in [2.24, 2.45) is 10.9 Å². The fourth-order valence-corrected chi connectivity index (χ4v) is 2.38. The Bertz CT molecular complexity index is 661. The van der Waals surface area contributed by atoms with Gasteiger partial charge in [-0.25, -0.2) is 4.39 Å². The van der Waals surface area contributed by atoms with Gasteiger partial charge in [-0.05, 0) is 44.0 Å². The van der Waals surface area contributed by atoms with Crippen molar-refractivity contribution in [2.45, 2.75) is 6.54 Å². The van der Waals surface area contributed by atoms with Gasteiger partial charge in [0.25, 0.3) is 0 Å². The number of hydrogen-bond acceptors (Lipinski definition) is 5. The number of benzene rings is 1. The summed E-state index contributed by atoms with van der Waals surface area (Å²) in [5.74, 6) is -2.26. The minimum atomic E-state index is -1.00. The van der Waals surface area contributed by atoms with E-state index < -0.39 is 17.7 Å². The third-order valence-electron chi connectivity index (χ3n) is 3.47. The first-order valence-corrected chi connectivity index (χ1v) is 7.84. The number of carbonyl (C=O) groups excluding carboxylic acids is 2. The van der Waals surface area contributed by atoms with E-state index in [1.807, 2.05) is 19.0 Å². The highest BCUT2D eigenvalue weighted by Gasteiger charge is 2.37. The van der Waals surface area contributed by atoms with Crippen LogP contribution in [0.1, 0.15) is 5.56 Å². The summed E-state index contributed by atoms with van der Waals surface area (Å²) >= 11 is 5.08. The molecule has 1 saturated heterocycles. The highest BCUT2D eigenvalue weighted by molar-refractivity contribution is 7.80. The number of aliphatic imine (C=N–C) groups is 1. The van der Waals surface area contributed by atoms with Gasteiger partial charge >= 0.3 is 0 Å². The monoisotopic (exact) mass is 350 g/mol. The second kappa shape index (κ2) is 8.07. The largest absolute Gasteiger partial charge is 0.308 e. The molecule has 0 aromatic heterocycles.